The van der Waals surface area contributed by atoms with E-state index >= 15 is 0 Å². The van der Waals surface area contributed by atoms with Crippen LogP contribution in [-0.2, 0) is 5.41 Å². The first kappa shape index (κ1) is 11.9. The highest BCUT2D eigenvalue weighted by Crippen LogP contribution is 2.54. The number of hydrogen-bond acceptors (Lipinski definition) is 2. The van der Waals surface area contributed by atoms with E-state index in [1.54, 1.807) is 0 Å². The van der Waals surface area contributed by atoms with Gasteiger partial charge in [-0.2, -0.15) is 0 Å². The quantitative estimate of drug-likeness (QED) is 0.876. The molecule has 88 valence electrons. The number of benzene rings is 1. The van der Waals surface area contributed by atoms with Gasteiger partial charge in [0, 0.05) is 11.5 Å². The van der Waals surface area contributed by atoms with E-state index in [2.05, 4.69) is 36.7 Å². The lowest BCUT2D eigenvalue weighted by Gasteiger charge is -2.25. The van der Waals surface area contributed by atoms with Gasteiger partial charge < -0.3 is 10.8 Å². The fourth-order valence-electron chi connectivity index (χ4n) is 2.77. The van der Waals surface area contributed by atoms with E-state index in [1.165, 1.54) is 5.56 Å². The van der Waals surface area contributed by atoms with Crippen molar-refractivity contribution in [3.8, 4) is 5.75 Å². The zero-order valence-electron chi connectivity index (χ0n) is 9.97. The van der Waals surface area contributed by atoms with Crippen molar-refractivity contribution in [1.82, 2.24) is 0 Å². The zero-order valence-corrected chi connectivity index (χ0v) is 11.6. The summed E-state index contributed by atoms with van der Waals surface area (Å²) >= 11 is 3.44. The predicted molar refractivity (Wildman–Crippen MR) is 69.8 cm³/mol. The van der Waals surface area contributed by atoms with Crippen molar-refractivity contribution in [2.24, 2.45) is 5.73 Å². The van der Waals surface area contributed by atoms with Gasteiger partial charge in [0.1, 0.15) is 5.75 Å². The lowest BCUT2D eigenvalue weighted by molar-refractivity contribution is 0.468. The van der Waals surface area contributed by atoms with E-state index < -0.39 is 0 Å². The number of halogens is 1. The van der Waals surface area contributed by atoms with Crippen LogP contribution in [0.4, 0.5) is 0 Å². The topological polar surface area (TPSA) is 46.2 Å². The largest absolute Gasteiger partial charge is 0.507 e. The lowest BCUT2D eigenvalue weighted by atomic mass is 9.83. The van der Waals surface area contributed by atoms with Gasteiger partial charge in [0.25, 0.3) is 0 Å². The molecule has 16 heavy (non-hydrogen) atoms. The molecule has 0 amide bonds. The van der Waals surface area contributed by atoms with E-state index in [0.717, 1.165) is 28.4 Å². The molecule has 1 atom stereocenters. The average Bonchev–Trinajstić information content (AvgIpc) is 2.96. The highest BCUT2D eigenvalue weighted by atomic mass is 79.9. The lowest BCUT2D eigenvalue weighted by Crippen LogP contribution is -2.32. The second kappa shape index (κ2) is 3.74. The Balaban J connectivity index is 2.62. The van der Waals surface area contributed by atoms with Gasteiger partial charge in [-0.05, 0) is 72.3 Å². The van der Waals surface area contributed by atoms with E-state index in [-0.39, 0.29) is 11.5 Å². The second-order valence-corrected chi connectivity index (χ2v) is 5.76. The molecule has 2 nitrogen and oxygen atoms in total. The third-order valence-corrected chi connectivity index (χ3v) is 4.84. The van der Waals surface area contributed by atoms with Gasteiger partial charge in [-0.15, -0.1) is 0 Å². The van der Waals surface area contributed by atoms with Crippen molar-refractivity contribution in [3.05, 3.63) is 27.2 Å². The molecule has 1 saturated carbocycles. The third kappa shape index (κ3) is 1.57. The fraction of sp³-hybridized carbons (Fsp3) is 0.538. The number of aryl methyl sites for hydroxylation is 1. The molecule has 0 saturated heterocycles. The Kier molecular flexibility index (Phi) is 2.79. The molecule has 1 unspecified atom stereocenters. The Morgan fingerprint density at radius 3 is 2.44 bits per heavy atom. The molecule has 0 heterocycles. The Morgan fingerprint density at radius 2 is 2.00 bits per heavy atom. The maximum Gasteiger partial charge on any atom is 0.130 e. The average molecular weight is 284 g/mol. The smallest absolute Gasteiger partial charge is 0.130 e. The molecule has 1 aromatic rings. The second-order valence-electron chi connectivity index (χ2n) is 4.97. The zero-order chi connectivity index (χ0) is 12.1. The van der Waals surface area contributed by atoms with Crippen molar-refractivity contribution in [1.29, 1.82) is 0 Å². The first-order valence-electron chi connectivity index (χ1n) is 5.65. The molecule has 3 N–H and O–H groups in total. The van der Waals surface area contributed by atoms with E-state index in [4.69, 9.17) is 5.73 Å². The summed E-state index contributed by atoms with van der Waals surface area (Å²) in [5, 5.41) is 9.75. The van der Waals surface area contributed by atoms with E-state index in [1.807, 2.05) is 6.07 Å². The Bertz CT molecular complexity index is 436. The van der Waals surface area contributed by atoms with Gasteiger partial charge in [0.15, 0.2) is 0 Å². The van der Waals surface area contributed by atoms with Crippen molar-refractivity contribution in [2.45, 2.75) is 45.1 Å². The Labute approximate surface area is 105 Å². The molecule has 3 heteroatoms. The minimum atomic E-state index is 0.143. The molecule has 1 aromatic carbocycles. The summed E-state index contributed by atoms with van der Waals surface area (Å²) in [4.78, 5) is 0. The molecule has 1 fully saturated rings. The van der Waals surface area contributed by atoms with Crippen LogP contribution in [0.3, 0.4) is 0 Å². The number of phenolic OH excluding ortho intramolecular Hbond substituents is 1. The summed E-state index contributed by atoms with van der Waals surface area (Å²) in [5.74, 6) is 0.319. The fourth-order valence-corrected chi connectivity index (χ4v) is 3.08. The Morgan fingerprint density at radius 1 is 1.44 bits per heavy atom. The van der Waals surface area contributed by atoms with Gasteiger partial charge in [-0.3, -0.25) is 0 Å². The molecule has 2 rings (SSSR count). The predicted octanol–water partition coefficient (Wildman–Crippen LogP) is 3.15. The number of hydrogen-bond donors (Lipinski definition) is 2. The van der Waals surface area contributed by atoms with E-state index in [0.29, 0.717) is 5.75 Å². The van der Waals surface area contributed by atoms with Crippen LogP contribution in [0.1, 0.15) is 36.5 Å². The summed E-state index contributed by atoms with van der Waals surface area (Å²) in [6.07, 6.45) is 2.31. The first-order chi connectivity index (χ1) is 7.40. The van der Waals surface area contributed by atoms with Gasteiger partial charge in [0.05, 0.1) is 4.47 Å². The van der Waals surface area contributed by atoms with Crippen molar-refractivity contribution >= 4 is 15.9 Å². The van der Waals surface area contributed by atoms with Crippen LogP contribution < -0.4 is 5.73 Å². The Hall–Kier alpha value is -0.540. The van der Waals surface area contributed by atoms with Gasteiger partial charge in [0.2, 0.25) is 0 Å². The van der Waals surface area contributed by atoms with Crippen LogP contribution >= 0.6 is 15.9 Å². The highest BCUT2D eigenvalue weighted by molar-refractivity contribution is 9.10. The first-order valence-corrected chi connectivity index (χ1v) is 6.44. The van der Waals surface area contributed by atoms with Crippen LogP contribution in [0.25, 0.3) is 0 Å². The third-order valence-electron chi connectivity index (χ3n) is 3.83. The molecular formula is C13H18BrNO. The van der Waals surface area contributed by atoms with Crippen molar-refractivity contribution in [2.75, 3.05) is 0 Å². The SMILES string of the molecule is Cc1cc(O)c(Br)c(C)c1C1(C(C)N)CC1. The van der Waals surface area contributed by atoms with Crippen molar-refractivity contribution < 1.29 is 5.11 Å². The van der Waals surface area contributed by atoms with Crippen molar-refractivity contribution in [3.63, 3.8) is 0 Å². The summed E-state index contributed by atoms with van der Waals surface area (Å²) in [7, 11) is 0. The molecule has 0 spiro atoms. The highest BCUT2D eigenvalue weighted by Gasteiger charge is 2.49. The molecule has 1 aliphatic carbocycles. The number of phenols is 1. The molecule has 1 aliphatic rings. The normalized spacial score (nSPS) is 19.6. The van der Waals surface area contributed by atoms with Crippen LogP contribution in [0.15, 0.2) is 10.5 Å². The molecule has 0 bridgehead atoms. The van der Waals surface area contributed by atoms with E-state index in [9.17, 15) is 5.11 Å². The van der Waals surface area contributed by atoms with Gasteiger partial charge >= 0.3 is 0 Å². The summed E-state index contributed by atoms with van der Waals surface area (Å²) in [6.45, 7) is 6.18. The van der Waals surface area contributed by atoms with Crippen LogP contribution in [0.2, 0.25) is 0 Å². The molecular weight excluding hydrogens is 266 g/mol. The van der Waals surface area contributed by atoms with Crippen LogP contribution in [0, 0.1) is 13.8 Å². The summed E-state index contributed by atoms with van der Waals surface area (Å²) in [6, 6.07) is 2.00. The maximum atomic E-state index is 9.75. The number of rotatable bonds is 2. The van der Waals surface area contributed by atoms with Gasteiger partial charge in [-0.25, -0.2) is 0 Å². The minimum absolute atomic E-state index is 0.143. The van der Waals surface area contributed by atoms with Crippen LogP contribution in [0.5, 0.6) is 5.75 Å². The number of nitrogens with two attached hydrogens (primary N) is 1. The minimum Gasteiger partial charge on any atom is -0.507 e. The standard InChI is InChI=1S/C13H18BrNO/c1-7-6-10(16)12(14)8(2)11(7)13(4-5-13)9(3)15/h6,9,16H,4-5,15H2,1-3H3. The molecule has 0 aromatic heterocycles. The number of aromatic hydroxyl groups is 1. The maximum absolute atomic E-state index is 9.75. The molecule has 0 radical (unpaired) electrons. The van der Waals surface area contributed by atoms with Gasteiger partial charge in [-0.1, -0.05) is 0 Å². The molecule has 0 aliphatic heterocycles. The van der Waals surface area contributed by atoms with Crippen LogP contribution in [-0.4, -0.2) is 11.1 Å². The summed E-state index contributed by atoms with van der Waals surface area (Å²) < 4.78 is 0.806. The monoisotopic (exact) mass is 283 g/mol. The summed E-state index contributed by atoms with van der Waals surface area (Å²) in [5.41, 5.74) is 9.86.